The lowest BCUT2D eigenvalue weighted by Gasteiger charge is -2.26. The number of ether oxygens (including phenoxy) is 1. The number of aliphatic imine (C=N–C) groups is 1. The van der Waals surface area contributed by atoms with Gasteiger partial charge in [0, 0.05) is 26.7 Å². The van der Waals surface area contributed by atoms with Crippen LogP contribution in [0.15, 0.2) is 23.2 Å². The Morgan fingerprint density at radius 1 is 1.25 bits per heavy atom. The third-order valence-corrected chi connectivity index (χ3v) is 4.15. The van der Waals surface area contributed by atoms with E-state index in [1.165, 1.54) is 38.4 Å². The lowest BCUT2D eigenvalue weighted by molar-refractivity contribution is 0.232. The van der Waals surface area contributed by atoms with E-state index in [1.54, 1.807) is 13.1 Å². The first-order chi connectivity index (χ1) is 11.7. The molecule has 5 nitrogen and oxygen atoms in total. The van der Waals surface area contributed by atoms with Gasteiger partial charge in [-0.3, -0.25) is 4.99 Å². The van der Waals surface area contributed by atoms with Gasteiger partial charge in [-0.25, -0.2) is 4.39 Å². The number of likely N-dealkylation sites (tertiary alicyclic amines) is 1. The summed E-state index contributed by atoms with van der Waals surface area (Å²) in [5.74, 6) is 0.704. The summed E-state index contributed by atoms with van der Waals surface area (Å²) in [4.78, 5) is 6.69. The molecule has 24 heavy (non-hydrogen) atoms. The van der Waals surface area contributed by atoms with Gasteiger partial charge >= 0.3 is 0 Å². The van der Waals surface area contributed by atoms with E-state index >= 15 is 0 Å². The molecular weight excluding hydrogens is 307 g/mol. The Bertz CT molecular complexity index is 530. The minimum absolute atomic E-state index is 0.297. The first kappa shape index (κ1) is 18.5. The van der Waals surface area contributed by atoms with Crippen molar-refractivity contribution in [1.82, 2.24) is 15.5 Å². The van der Waals surface area contributed by atoms with Gasteiger partial charge < -0.3 is 20.3 Å². The lowest BCUT2D eigenvalue weighted by atomic mass is 10.1. The summed E-state index contributed by atoms with van der Waals surface area (Å²) in [5.41, 5.74) is 0.856. The van der Waals surface area contributed by atoms with Gasteiger partial charge in [-0.15, -0.1) is 0 Å². The van der Waals surface area contributed by atoms with Crippen LogP contribution < -0.4 is 15.4 Å². The maximum atomic E-state index is 13.8. The first-order valence-corrected chi connectivity index (χ1v) is 8.81. The molecule has 0 unspecified atom stereocenters. The molecule has 0 bridgehead atoms. The molecule has 0 aromatic heterocycles. The molecule has 2 N–H and O–H groups in total. The third-order valence-electron chi connectivity index (χ3n) is 4.15. The Morgan fingerprint density at radius 3 is 2.71 bits per heavy atom. The van der Waals surface area contributed by atoms with Crippen molar-refractivity contribution in [3.05, 3.63) is 29.6 Å². The zero-order valence-electron chi connectivity index (χ0n) is 14.8. The second kappa shape index (κ2) is 10.1. The van der Waals surface area contributed by atoms with Crippen molar-refractivity contribution in [3.63, 3.8) is 0 Å². The Kier molecular flexibility index (Phi) is 7.82. The highest BCUT2D eigenvalue weighted by Gasteiger charge is 2.09. The molecule has 1 aliphatic rings. The number of hydrogen-bond donors (Lipinski definition) is 2. The average molecular weight is 336 g/mol. The van der Waals surface area contributed by atoms with Crippen LogP contribution in [0.2, 0.25) is 0 Å². The number of nitrogens with zero attached hydrogens (tertiary/aromatic N) is 2. The molecule has 134 valence electrons. The second-order valence-corrected chi connectivity index (χ2v) is 5.95. The number of guanidine groups is 1. The van der Waals surface area contributed by atoms with E-state index < -0.39 is 0 Å². The lowest BCUT2D eigenvalue weighted by Crippen LogP contribution is -2.42. The van der Waals surface area contributed by atoms with Gasteiger partial charge in [-0.1, -0.05) is 12.5 Å². The van der Waals surface area contributed by atoms with Crippen molar-refractivity contribution < 1.29 is 9.13 Å². The highest BCUT2D eigenvalue weighted by molar-refractivity contribution is 5.79. The normalized spacial score (nSPS) is 16.0. The zero-order chi connectivity index (χ0) is 17.2. The van der Waals surface area contributed by atoms with E-state index in [0.717, 1.165) is 24.6 Å². The van der Waals surface area contributed by atoms with Gasteiger partial charge in [0.15, 0.2) is 17.5 Å². The van der Waals surface area contributed by atoms with Gasteiger partial charge in [0.25, 0.3) is 0 Å². The van der Waals surface area contributed by atoms with Crippen LogP contribution in [0.25, 0.3) is 0 Å². The van der Waals surface area contributed by atoms with Crippen LogP contribution in [0.5, 0.6) is 5.75 Å². The van der Waals surface area contributed by atoms with E-state index in [0.29, 0.717) is 18.9 Å². The Hall–Kier alpha value is -1.82. The fraction of sp³-hybridized carbons (Fsp3) is 0.611. The standard InChI is InChI=1S/C18H29FN4O/c1-3-24-17-8-7-15(13-16(17)19)14-22-18(20-2)21-9-12-23-10-5-4-6-11-23/h7-8,13H,3-6,9-12,14H2,1-2H3,(H2,20,21,22). The SMILES string of the molecule is CCOc1ccc(CNC(=NC)NCCN2CCCCC2)cc1F. The smallest absolute Gasteiger partial charge is 0.191 e. The molecule has 1 aliphatic heterocycles. The van der Waals surface area contributed by atoms with E-state index in [4.69, 9.17) is 4.74 Å². The molecule has 2 rings (SSSR count). The third kappa shape index (κ3) is 6.00. The predicted molar refractivity (Wildman–Crippen MR) is 96.1 cm³/mol. The average Bonchev–Trinajstić information content (AvgIpc) is 2.61. The van der Waals surface area contributed by atoms with Crippen LogP contribution >= 0.6 is 0 Å². The van der Waals surface area contributed by atoms with Crippen LogP contribution in [0, 0.1) is 5.82 Å². The highest BCUT2D eigenvalue weighted by atomic mass is 19.1. The van der Waals surface area contributed by atoms with Crippen molar-refractivity contribution in [2.75, 3.05) is 39.8 Å². The van der Waals surface area contributed by atoms with Gasteiger partial charge in [0.05, 0.1) is 6.61 Å². The molecule has 6 heteroatoms. The first-order valence-electron chi connectivity index (χ1n) is 8.81. The predicted octanol–water partition coefficient (Wildman–Crippen LogP) is 2.38. The van der Waals surface area contributed by atoms with Gasteiger partial charge in [0.2, 0.25) is 0 Å². The molecule has 1 heterocycles. The quantitative estimate of drug-likeness (QED) is 0.593. The zero-order valence-corrected chi connectivity index (χ0v) is 14.8. The minimum atomic E-state index is -0.329. The Morgan fingerprint density at radius 2 is 2.04 bits per heavy atom. The summed E-state index contributed by atoms with van der Waals surface area (Å²) in [6.07, 6.45) is 3.96. The number of benzene rings is 1. The van der Waals surface area contributed by atoms with Crippen molar-refractivity contribution in [1.29, 1.82) is 0 Å². The van der Waals surface area contributed by atoms with Crippen molar-refractivity contribution in [2.45, 2.75) is 32.7 Å². The number of nitrogens with one attached hydrogen (secondary N) is 2. The molecule has 0 spiro atoms. The van der Waals surface area contributed by atoms with Gasteiger partial charge in [-0.05, 0) is 50.6 Å². The summed E-state index contributed by atoms with van der Waals surface area (Å²) in [7, 11) is 1.75. The number of halogens is 1. The fourth-order valence-electron chi connectivity index (χ4n) is 2.85. The molecule has 0 atom stereocenters. The number of rotatable bonds is 7. The van der Waals surface area contributed by atoms with Crippen molar-refractivity contribution >= 4 is 5.96 Å². The summed E-state index contributed by atoms with van der Waals surface area (Å²) in [5, 5.41) is 6.53. The molecule has 0 saturated carbocycles. The fourth-order valence-corrected chi connectivity index (χ4v) is 2.85. The molecule has 1 aromatic carbocycles. The molecule has 0 aliphatic carbocycles. The van der Waals surface area contributed by atoms with Gasteiger partial charge in [0.1, 0.15) is 0 Å². The number of hydrogen-bond acceptors (Lipinski definition) is 3. The van der Waals surface area contributed by atoms with Crippen LogP contribution in [-0.2, 0) is 6.54 Å². The molecule has 1 saturated heterocycles. The van der Waals surface area contributed by atoms with Crippen LogP contribution in [0.4, 0.5) is 4.39 Å². The van der Waals surface area contributed by atoms with E-state index in [1.807, 2.05) is 13.0 Å². The Balaban J connectivity index is 1.73. The van der Waals surface area contributed by atoms with Crippen molar-refractivity contribution in [3.8, 4) is 5.75 Å². The second-order valence-electron chi connectivity index (χ2n) is 5.95. The monoisotopic (exact) mass is 336 g/mol. The summed E-state index contributed by atoms with van der Waals surface area (Å²) in [6.45, 7) is 7.09. The maximum absolute atomic E-state index is 13.8. The summed E-state index contributed by atoms with van der Waals surface area (Å²) >= 11 is 0. The van der Waals surface area contributed by atoms with Gasteiger partial charge in [-0.2, -0.15) is 0 Å². The van der Waals surface area contributed by atoms with Crippen LogP contribution in [0.1, 0.15) is 31.7 Å². The maximum Gasteiger partial charge on any atom is 0.191 e. The Labute approximate surface area is 144 Å². The molecular formula is C18H29FN4O. The summed E-state index contributed by atoms with van der Waals surface area (Å²) in [6, 6.07) is 5.03. The largest absolute Gasteiger partial charge is 0.491 e. The number of piperidine rings is 1. The molecule has 1 fully saturated rings. The van der Waals surface area contributed by atoms with Crippen LogP contribution in [-0.4, -0.2) is 50.7 Å². The molecule has 1 aromatic rings. The van der Waals surface area contributed by atoms with Crippen LogP contribution in [0.3, 0.4) is 0 Å². The molecule has 0 radical (unpaired) electrons. The highest BCUT2D eigenvalue weighted by Crippen LogP contribution is 2.18. The van der Waals surface area contributed by atoms with E-state index in [9.17, 15) is 4.39 Å². The minimum Gasteiger partial charge on any atom is -0.491 e. The topological polar surface area (TPSA) is 48.9 Å². The summed E-state index contributed by atoms with van der Waals surface area (Å²) < 4.78 is 19.1. The van der Waals surface area contributed by atoms with E-state index in [-0.39, 0.29) is 5.82 Å². The van der Waals surface area contributed by atoms with E-state index in [2.05, 4.69) is 20.5 Å². The molecule has 0 amide bonds. The van der Waals surface area contributed by atoms with Crippen molar-refractivity contribution in [2.24, 2.45) is 4.99 Å².